The van der Waals surface area contributed by atoms with Gasteiger partial charge < -0.3 is 15.7 Å². The summed E-state index contributed by atoms with van der Waals surface area (Å²) in [4.78, 5) is 13.2. The van der Waals surface area contributed by atoms with Crippen molar-refractivity contribution in [3.8, 4) is 0 Å². The normalized spacial score (nSPS) is 24.0. The number of rotatable bonds is 2. The molecule has 0 aliphatic carbocycles. The van der Waals surface area contributed by atoms with Crippen LogP contribution in [0, 0.1) is 0 Å². The minimum Gasteiger partial charge on any atom is -0.478 e. The van der Waals surface area contributed by atoms with Crippen LogP contribution in [0.4, 0.5) is 11.4 Å². The molecule has 0 spiro atoms. The lowest BCUT2D eigenvalue weighted by Crippen LogP contribution is -2.45. The molecule has 2 atom stereocenters. The number of nitrogen functional groups attached to an aromatic ring is 1. The van der Waals surface area contributed by atoms with Gasteiger partial charge in [0.15, 0.2) is 0 Å². The van der Waals surface area contributed by atoms with E-state index in [1.54, 1.807) is 18.2 Å². The van der Waals surface area contributed by atoms with Gasteiger partial charge in [0.25, 0.3) is 0 Å². The summed E-state index contributed by atoms with van der Waals surface area (Å²) < 4.78 is 0. The molecule has 1 fully saturated rings. The summed E-state index contributed by atoms with van der Waals surface area (Å²) in [6.45, 7) is 5.26. The van der Waals surface area contributed by atoms with Crippen molar-refractivity contribution in [1.82, 2.24) is 0 Å². The van der Waals surface area contributed by atoms with Gasteiger partial charge in [-0.25, -0.2) is 4.79 Å². The van der Waals surface area contributed by atoms with E-state index in [2.05, 4.69) is 18.7 Å². The summed E-state index contributed by atoms with van der Waals surface area (Å²) in [6, 6.07) is 5.26. The van der Waals surface area contributed by atoms with Gasteiger partial charge in [0.05, 0.1) is 16.9 Å². The fourth-order valence-corrected chi connectivity index (χ4v) is 3.30. The fraction of sp³-hybridized carbons (Fsp3) is 0.462. The molecule has 4 nitrogen and oxygen atoms in total. The fourth-order valence-electron chi connectivity index (χ4n) is 2.20. The molecular weight excluding hydrogens is 248 g/mol. The van der Waals surface area contributed by atoms with Crippen molar-refractivity contribution in [2.75, 3.05) is 22.9 Å². The molecule has 5 heteroatoms. The van der Waals surface area contributed by atoms with Crippen LogP contribution in [0.3, 0.4) is 0 Å². The summed E-state index contributed by atoms with van der Waals surface area (Å²) in [6.07, 6.45) is 0. The van der Waals surface area contributed by atoms with Crippen LogP contribution < -0.4 is 10.6 Å². The molecule has 1 saturated heterocycles. The number of thioether (sulfide) groups is 1. The van der Waals surface area contributed by atoms with Crippen LogP contribution in [0.15, 0.2) is 18.2 Å². The SMILES string of the molecule is CC1SCCN(c2cc(C(=O)O)ccc2N)C1C. The molecule has 1 aliphatic rings. The van der Waals surface area contributed by atoms with Gasteiger partial charge in [-0.1, -0.05) is 6.92 Å². The van der Waals surface area contributed by atoms with Gasteiger partial charge in [-0.15, -0.1) is 0 Å². The van der Waals surface area contributed by atoms with Gasteiger partial charge in [-0.2, -0.15) is 11.8 Å². The topological polar surface area (TPSA) is 66.6 Å². The molecule has 2 unspecified atom stereocenters. The Kier molecular flexibility index (Phi) is 3.71. The van der Waals surface area contributed by atoms with Crippen LogP contribution in [-0.2, 0) is 0 Å². The lowest BCUT2D eigenvalue weighted by Gasteiger charge is -2.39. The van der Waals surface area contributed by atoms with E-state index in [0.717, 1.165) is 18.0 Å². The number of nitrogens with zero attached hydrogens (tertiary/aromatic N) is 1. The van der Waals surface area contributed by atoms with Crippen molar-refractivity contribution in [2.24, 2.45) is 0 Å². The third-order valence-corrected chi connectivity index (χ3v) is 4.81. The van der Waals surface area contributed by atoms with E-state index in [1.807, 2.05) is 11.8 Å². The van der Waals surface area contributed by atoms with Crippen LogP contribution in [0.2, 0.25) is 0 Å². The molecule has 0 saturated carbocycles. The molecular formula is C13H18N2O2S. The third kappa shape index (κ3) is 2.41. The Balaban J connectivity index is 2.37. The molecule has 98 valence electrons. The number of carbonyl (C=O) groups is 1. The highest BCUT2D eigenvalue weighted by Gasteiger charge is 2.26. The van der Waals surface area contributed by atoms with Crippen molar-refractivity contribution in [3.05, 3.63) is 23.8 Å². The third-order valence-electron chi connectivity index (χ3n) is 3.47. The smallest absolute Gasteiger partial charge is 0.335 e. The van der Waals surface area contributed by atoms with E-state index in [0.29, 0.717) is 17.0 Å². The predicted molar refractivity (Wildman–Crippen MR) is 76.5 cm³/mol. The van der Waals surface area contributed by atoms with Crippen molar-refractivity contribution in [2.45, 2.75) is 25.1 Å². The molecule has 1 aliphatic heterocycles. The van der Waals surface area contributed by atoms with Crippen molar-refractivity contribution in [3.63, 3.8) is 0 Å². The van der Waals surface area contributed by atoms with E-state index in [4.69, 9.17) is 10.8 Å². The Morgan fingerprint density at radius 2 is 2.22 bits per heavy atom. The minimum absolute atomic E-state index is 0.289. The van der Waals surface area contributed by atoms with Crippen LogP contribution in [-0.4, -0.2) is 34.7 Å². The van der Waals surface area contributed by atoms with Crippen LogP contribution >= 0.6 is 11.8 Å². The maximum absolute atomic E-state index is 11.0. The highest BCUT2D eigenvalue weighted by atomic mass is 32.2. The maximum atomic E-state index is 11.0. The molecule has 2 rings (SSSR count). The second-order valence-electron chi connectivity index (χ2n) is 4.59. The van der Waals surface area contributed by atoms with E-state index in [-0.39, 0.29) is 5.56 Å². The Bertz CT molecular complexity index is 464. The zero-order valence-electron chi connectivity index (χ0n) is 10.6. The van der Waals surface area contributed by atoms with E-state index in [9.17, 15) is 4.79 Å². The molecule has 0 radical (unpaired) electrons. The van der Waals surface area contributed by atoms with Crippen molar-refractivity contribution in [1.29, 1.82) is 0 Å². The Morgan fingerprint density at radius 3 is 2.89 bits per heavy atom. The van der Waals surface area contributed by atoms with Crippen LogP contribution in [0.25, 0.3) is 0 Å². The first kappa shape index (κ1) is 13.1. The van der Waals surface area contributed by atoms with Gasteiger partial charge in [0.1, 0.15) is 0 Å². The molecule has 0 amide bonds. The van der Waals surface area contributed by atoms with Crippen molar-refractivity contribution < 1.29 is 9.90 Å². The van der Waals surface area contributed by atoms with E-state index in [1.165, 1.54) is 0 Å². The Morgan fingerprint density at radius 1 is 1.50 bits per heavy atom. The minimum atomic E-state index is -0.914. The molecule has 0 bridgehead atoms. The number of anilines is 2. The van der Waals surface area contributed by atoms with Crippen LogP contribution in [0.5, 0.6) is 0 Å². The van der Waals surface area contributed by atoms with Crippen LogP contribution in [0.1, 0.15) is 24.2 Å². The lowest BCUT2D eigenvalue weighted by molar-refractivity contribution is 0.0697. The number of hydrogen-bond acceptors (Lipinski definition) is 4. The number of hydrogen-bond donors (Lipinski definition) is 2. The first-order valence-corrected chi connectivity index (χ1v) is 7.06. The zero-order chi connectivity index (χ0) is 13.3. The molecule has 1 heterocycles. The number of carboxylic acid groups (broad SMARTS) is 1. The van der Waals surface area contributed by atoms with Gasteiger partial charge in [0, 0.05) is 23.6 Å². The maximum Gasteiger partial charge on any atom is 0.335 e. The largest absolute Gasteiger partial charge is 0.478 e. The average Bonchev–Trinajstić information content (AvgIpc) is 2.33. The Hall–Kier alpha value is -1.36. The standard InChI is InChI=1S/C13H18N2O2S/c1-8-9(2)18-6-5-15(8)12-7-10(13(16)17)3-4-11(12)14/h3-4,7-9H,5-6,14H2,1-2H3,(H,16,17). The summed E-state index contributed by atoms with van der Waals surface area (Å²) in [5, 5.41) is 9.57. The van der Waals surface area contributed by atoms with E-state index >= 15 is 0 Å². The second kappa shape index (κ2) is 5.10. The molecule has 1 aromatic carbocycles. The lowest BCUT2D eigenvalue weighted by atomic mass is 10.1. The first-order valence-electron chi connectivity index (χ1n) is 6.01. The average molecular weight is 266 g/mol. The van der Waals surface area contributed by atoms with Gasteiger partial charge >= 0.3 is 5.97 Å². The predicted octanol–water partition coefficient (Wildman–Crippen LogP) is 2.30. The number of carboxylic acids is 1. The molecule has 0 aromatic heterocycles. The van der Waals surface area contributed by atoms with Gasteiger partial charge in [-0.3, -0.25) is 0 Å². The number of aromatic carboxylic acids is 1. The van der Waals surface area contributed by atoms with Crippen molar-refractivity contribution >= 4 is 29.1 Å². The molecule has 1 aromatic rings. The monoisotopic (exact) mass is 266 g/mol. The summed E-state index contributed by atoms with van der Waals surface area (Å²) in [7, 11) is 0. The number of nitrogens with two attached hydrogens (primary N) is 1. The highest BCUT2D eigenvalue weighted by Crippen LogP contribution is 2.33. The first-order chi connectivity index (χ1) is 8.50. The summed E-state index contributed by atoms with van der Waals surface area (Å²) in [5.74, 6) is 0.130. The highest BCUT2D eigenvalue weighted by molar-refractivity contribution is 8.00. The zero-order valence-corrected chi connectivity index (χ0v) is 11.4. The second-order valence-corrected chi connectivity index (χ2v) is 6.07. The summed E-state index contributed by atoms with van der Waals surface area (Å²) >= 11 is 1.94. The molecule has 3 N–H and O–H groups in total. The summed E-state index contributed by atoms with van der Waals surface area (Å²) in [5.41, 5.74) is 7.76. The van der Waals surface area contributed by atoms with Gasteiger partial charge in [0.2, 0.25) is 0 Å². The number of benzene rings is 1. The Labute approximate surface area is 111 Å². The van der Waals surface area contributed by atoms with Gasteiger partial charge in [-0.05, 0) is 25.1 Å². The quantitative estimate of drug-likeness (QED) is 0.804. The van der Waals surface area contributed by atoms with E-state index < -0.39 is 5.97 Å². The molecule has 18 heavy (non-hydrogen) atoms.